The fourth-order valence-corrected chi connectivity index (χ4v) is 1.91. The smallest absolute Gasteiger partial charge is 0.267 e. The molecule has 0 saturated heterocycles. The van der Waals surface area contributed by atoms with Crippen molar-refractivity contribution in [2.45, 2.75) is 6.92 Å². The number of hydrogen-bond donors (Lipinski definition) is 0. The number of hydrogen-bond acceptors (Lipinski definition) is 4. The molecule has 0 unspecified atom stereocenters. The van der Waals surface area contributed by atoms with Crippen LogP contribution in [0.5, 0.6) is 17.4 Å². The molecule has 6 heteroatoms. The Bertz CT molecular complexity index is 578. The fourth-order valence-electron chi connectivity index (χ4n) is 1.37. The SMILES string of the molecule is COc1c(Cl)ncnc1Oc1cc(Br)ccc1C. The average Bonchev–Trinajstić information content (AvgIpc) is 2.34. The third-order valence-corrected chi connectivity index (χ3v) is 3.05. The Balaban J connectivity index is 2.40. The van der Waals surface area contributed by atoms with Crippen LogP contribution in [0.3, 0.4) is 0 Å². The Morgan fingerprint density at radius 1 is 1.28 bits per heavy atom. The summed E-state index contributed by atoms with van der Waals surface area (Å²) in [6.45, 7) is 1.94. The minimum Gasteiger partial charge on any atom is -0.489 e. The molecule has 0 fully saturated rings. The first-order valence-electron chi connectivity index (χ1n) is 5.10. The van der Waals surface area contributed by atoms with E-state index in [-0.39, 0.29) is 5.15 Å². The molecule has 0 saturated carbocycles. The first-order chi connectivity index (χ1) is 8.61. The molecule has 1 aromatic heterocycles. The van der Waals surface area contributed by atoms with Crippen molar-refractivity contribution in [2.24, 2.45) is 0 Å². The normalized spacial score (nSPS) is 10.2. The monoisotopic (exact) mass is 328 g/mol. The van der Waals surface area contributed by atoms with Gasteiger partial charge in [-0.25, -0.2) is 4.98 Å². The molecular weight excluding hydrogens is 320 g/mol. The van der Waals surface area contributed by atoms with Crippen LogP contribution in [0.1, 0.15) is 5.56 Å². The van der Waals surface area contributed by atoms with Gasteiger partial charge in [-0.3, -0.25) is 0 Å². The first-order valence-corrected chi connectivity index (χ1v) is 6.27. The Morgan fingerprint density at radius 2 is 2.06 bits per heavy atom. The molecule has 0 aliphatic heterocycles. The van der Waals surface area contributed by atoms with Crippen LogP contribution in [0.25, 0.3) is 0 Å². The van der Waals surface area contributed by atoms with Gasteiger partial charge < -0.3 is 9.47 Å². The molecule has 0 N–H and O–H groups in total. The van der Waals surface area contributed by atoms with Gasteiger partial charge in [-0.2, -0.15) is 4.98 Å². The largest absolute Gasteiger partial charge is 0.489 e. The van der Waals surface area contributed by atoms with E-state index in [0.29, 0.717) is 17.4 Å². The maximum absolute atomic E-state index is 5.90. The molecule has 2 rings (SSSR count). The van der Waals surface area contributed by atoms with Crippen molar-refractivity contribution >= 4 is 27.5 Å². The highest BCUT2D eigenvalue weighted by atomic mass is 79.9. The number of rotatable bonds is 3. The molecule has 0 amide bonds. The third kappa shape index (κ3) is 2.73. The lowest BCUT2D eigenvalue weighted by molar-refractivity contribution is 0.366. The molecule has 1 heterocycles. The van der Waals surface area contributed by atoms with E-state index in [1.54, 1.807) is 0 Å². The second-order valence-corrected chi connectivity index (χ2v) is 4.79. The maximum Gasteiger partial charge on any atom is 0.267 e. The van der Waals surface area contributed by atoms with Crippen molar-refractivity contribution in [3.8, 4) is 17.4 Å². The molecule has 4 nitrogen and oxygen atoms in total. The molecule has 0 aliphatic carbocycles. The topological polar surface area (TPSA) is 44.2 Å². The standard InChI is InChI=1S/C12H10BrClN2O2/c1-7-3-4-8(13)5-9(7)18-12-10(17-2)11(14)15-6-16-12/h3-6H,1-2H3. The summed E-state index contributed by atoms with van der Waals surface area (Å²) in [6, 6.07) is 5.73. The molecule has 0 atom stereocenters. The van der Waals surface area contributed by atoms with E-state index in [9.17, 15) is 0 Å². The minimum atomic E-state index is 0.218. The maximum atomic E-state index is 5.90. The van der Waals surface area contributed by atoms with Crippen LogP contribution in [0.4, 0.5) is 0 Å². The van der Waals surface area contributed by atoms with E-state index in [4.69, 9.17) is 21.1 Å². The zero-order valence-corrected chi connectivity index (χ0v) is 12.1. The lowest BCUT2D eigenvalue weighted by Crippen LogP contribution is -1.96. The molecule has 2 aromatic rings. The van der Waals surface area contributed by atoms with Crippen LogP contribution in [0.2, 0.25) is 5.15 Å². The van der Waals surface area contributed by atoms with Crippen molar-refractivity contribution in [1.82, 2.24) is 9.97 Å². The predicted molar refractivity (Wildman–Crippen MR) is 72.5 cm³/mol. The number of aromatic nitrogens is 2. The van der Waals surface area contributed by atoms with Gasteiger partial charge in [0.05, 0.1) is 7.11 Å². The summed E-state index contributed by atoms with van der Waals surface area (Å²) in [5.74, 6) is 1.29. The highest BCUT2D eigenvalue weighted by Gasteiger charge is 2.13. The quantitative estimate of drug-likeness (QED) is 0.798. The molecule has 0 bridgehead atoms. The fraction of sp³-hybridized carbons (Fsp3) is 0.167. The molecule has 0 radical (unpaired) electrons. The summed E-state index contributed by atoms with van der Waals surface area (Å²) in [5.41, 5.74) is 0.981. The van der Waals surface area contributed by atoms with Gasteiger partial charge in [0.2, 0.25) is 5.75 Å². The van der Waals surface area contributed by atoms with E-state index in [1.165, 1.54) is 13.4 Å². The minimum absolute atomic E-state index is 0.218. The molecule has 0 spiro atoms. The number of methoxy groups -OCH3 is 1. The number of nitrogens with zero attached hydrogens (tertiary/aromatic N) is 2. The molecule has 0 aliphatic rings. The van der Waals surface area contributed by atoms with Gasteiger partial charge in [0, 0.05) is 4.47 Å². The summed E-state index contributed by atoms with van der Waals surface area (Å²) >= 11 is 9.29. The summed E-state index contributed by atoms with van der Waals surface area (Å²) < 4.78 is 11.7. The van der Waals surface area contributed by atoms with Crippen molar-refractivity contribution in [2.75, 3.05) is 7.11 Å². The summed E-state index contributed by atoms with van der Waals surface area (Å²) in [7, 11) is 1.49. The number of aryl methyl sites for hydroxylation is 1. The van der Waals surface area contributed by atoms with E-state index in [0.717, 1.165) is 10.0 Å². The highest BCUT2D eigenvalue weighted by Crippen LogP contribution is 2.35. The molecule has 1 aromatic carbocycles. The van der Waals surface area contributed by atoms with Crippen LogP contribution < -0.4 is 9.47 Å². The number of halogens is 2. The Hall–Kier alpha value is -1.33. The van der Waals surface area contributed by atoms with Gasteiger partial charge in [0.15, 0.2) is 5.15 Å². The zero-order chi connectivity index (χ0) is 13.1. The van der Waals surface area contributed by atoms with Crippen LogP contribution in [-0.2, 0) is 0 Å². The summed E-state index contributed by atoms with van der Waals surface area (Å²) in [5, 5.41) is 0.218. The highest BCUT2D eigenvalue weighted by molar-refractivity contribution is 9.10. The predicted octanol–water partition coefficient (Wildman–Crippen LogP) is 4.00. The number of ether oxygens (including phenoxy) is 2. The summed E-state index contributed by atoms with van der Waals surface area (Å²) in [6.07, 6.45) is 1.33. The van der Waals surface area contributed by atoms with Crippen molar-refractivity contribution < 1.29 is 9.47 Å². The van der Waals surface area contributed by atoms with Crippen LogP contribution in [0, 0.1) is 6.92 Å². The Morgan fingerprint density at radius 3 is 2.78 bits per heavy atom. The van der Waals surface area contributed by atoms with Gasteiger partial charge in [-0.05, 0) is 24.6 Å². The lowest BCUT2D eigenvalue weighted by Gasteiger charge is -2.11. The van der Waals surface area contributed by atoms with Gasteiger partial charge in [0.1, 0.15) is 12.1 Å². The van der Waals surface area contributed by atoms with Crippen molar-refractivity contribution in [3.05, 3.63) is 39.7 Å². The van der Waals surface area contributed by atoms with Crippen LogP contribution in [0.15, 0.2) is 29.0 Å². The molecular formula is C12H10BrClN2O2. The van der Waals surface area contributed by atoms with Crippen LogP contribution in [-0.4, -0.2) is 17.1 Å². The van der Waals surface area contributed by atoms with Gasteiger partial charge >= 0.3 is 0 Å². The Kier molecular flexibility index (Phi) is 4.04. The lowest BCUT2D eigenvalue weighted by atomic mass is 10.2. The van der Waals surface area contributed by atoms with Crippen molar-refractivity contribution in [1.29, 1.82) is 0 Å². The van der Waals surface area contributed by atoms with Crippen LogP contribution >= 0.6 is 27.5 Å². The second kappa shape index (κ2) is 5.54. The van der Waals surface area contributed by atoms with E-state index < -0.39 is 0 Å². The van der Waals surface area contributed by atoms with Gasteiger partial charge in [-0.1, -0.05) is 33.6 Å². The molecule has 18 heavy (non-hydrogen) atoms. The zero-order valence-electron chi connectivity index (χ0n) is 9.78. The van der Waals surface area contributed by atoms with E-state index in [1.807, 2.05) is 25.1 Å². The Labute approximate surface area is 118 Å². The first kappa shape index (κ1) is 13.1. The average molecular weight is 330 g/mol. The van der Waals surface area contributed by atoms with E-state index in [2.05, 4.69) is 25.9 Å². The van der Waals surface area contributed by atoms with Crippen molar-refractivity contribution in [3.63, 3.8) is 0 Å². The number of benzene rings is 1. The van der Waals surface area contributed by atoms with Gasteiger partial charge in [0.25, 0.3) is 5.88 Å². The molecule has 94 valence electrons. The second-order valence-electron chi connectivity index (χ2n) is 3.51. The van der Waals surface area contributed by atoms with Gasteiger partial charge in [-0.15, -0.1) is 0 Å². The summed E-state index contributed by atoms with van der Waals surface area (Å²) in [4.78, 5) is 7.85. The third-order valence-electron chi connectivity index (χ3n) is 2.29. The van der Waals surface area contributed by atoms with E-state index >= 15 is 0 Å².